The predicted octanol–water partition coefficient (Wildman–Crippen LogP) is 3.25. The highest BCUT2D eigenvalue weighted by Gasteiger charge is 2.24. The molecule has 1 N–H and O–H groups in total. The van der Waals surface area contributed by atoms with Gasteiger partial charge in [0.1, 0.15) is 6.61 Å². The lowest BCUT2D eigenvalue weighted by Crippen LogP contribution is -2.35. The van der Waals surface area contributed by atoms with Crippen LogP contribution in [0.5, 0.6) is 0 Å². The van der Waals surface area contributed by atoms with E-state index in [1.54, 1.807) is 4.90 Å². The lowest BCUT2D eigenvalue weighted by molar-refractivity contribution is -0.120. The monoisotopic (exact) mass is 338 g/mol. The number of benzene rings is 2. The average molecular weight is 338 g/mol. The molecule has 25 heavy (non-hydrogen) atoms. The minimum atomic E-state index is -0.196. The van der Waals surface area contributed by atoms with Crippen LogP contribution in [0.1, 0.15) is 29.3 Å². The molecule has 2 amide bonds. The van der Waals surface area contributed by atoms with Gasteiger partial charge in [-0.3, -0.25) is 9.59 Å². The SMILES string of the molecule is CCOCC(=O)Nc1ccc2c(c1)N(C(=O)c1ccccc1)CCC2. The normalized spacial score (nSPS) is 13.2. The molecule has 2 aromatic carbocycles. The molecule has 0 saturated heterocycles. The van der Waals surface area contributed by atoms with E-state index in [-0.39, 0.29) is 18.4 Å². The summed E-state index contributed by atoms with van der Waals surface area (Å²) in [6, 6.07) is 15.0. The lowest BCUT2D eigenvalue weighted by atomic mass is 10.00. The first-order valence-corrected chi connectivity index (χ1v) is 8.56. The average Bonchev–Trinajstić information content (AvgIpc) is 2.66. The third-order valence-corrected chi connectivity index (χ3v) is 4.19. The summed E-state index contributed by atoms with van der Waals surface area (Å²) in [6.45, 7) is 3.05. The van der Waals surface area contributed by atoms with Crippen LogP contribution in [0.4, 0.5) is 11.4 Å². The van der Waals surface area contributed by atoms with Crippen LogP contribution in [-0.2, 0) is 16.0 Å². The summed E-state index contributed by atoms with van der Waals surface area (Å²) in [4.78, 5) is 26.5. The smallest absolute Gasteiger partial charge is 0.258 e. The van der Waals surface area contributed by atoms with Gasteiger partial charge in [0.2, 0.25) is 5.91 Å². The van der Waals surface area contributed by atoms with Crippen molar-refractivity contribution in [2.75, 3.05) is 30.0 Å². The van der Waals surface area contributed by atoms with Crippen molar-refractivity contribution in [1.29, 1.82) is 0 Å². The minimum absolute atomic E-state index is 0.0145. The third-order valence-electron chi connectivity index (χ3n) is 4.19. The minimum Gasteiger partial charge on any atom is -0.372 e. The summed E-state index contributed by atoms with van der Waals surface area (Å²) in [6.07, 6.45) is 1.86. The molecule has 1 heterocycles. The quantitative estimate of drug-likeness (QED) is 0.910. The Morgan fingerprint density at radius 2 is 1.96 bits per heavy atom. The largest absolute Gasteiger partial charge is 0.372 e. The zero-order valence-electron chi connectivity index (χ0n) is 14.3. The van der Waals surface area contributed by atoms with Gasteiger partial charge in [0.15, 0.2) is 0 Å². The van der Waals surface area contributed by atoms with Gasteiger partial charge in [-0.1, -0.05) is 24.3 Å². The van der Waals surface area contributed by atoms with Crippen LogP contribution in [-0.4, -0.2) is 31.6 Å². The molecule has 5 heteroatoms. The van der Waals surface area contributed by atoms with Crippen LogP contribution in [0.2, 0.25) is 0 Å². The second kappa shape index (κ2) is 7.94. The maximum atomic E-state index is 12.9. The Morgan fingerprint density at radius 3 is 2.72 bits per heavy atom. The van der Waals surface area contributed by atoms with Crippen molar-refractivity contribution in [3.63, 3.8) is 0 Å². The standard InChI is InChI=1S/C20H22N2O3/c1-2-25-14-19(23)21-17-11-10-15-9-6-12-22(18(15)13-17)20(24)16-7-4-3-5-8-16/h3-5,7-8,10-11,13H,2,6,9,12,14H2,1H3,(H,21,23). The van der Waals surface area contributed by atoms with Gasteiger partial charge in [-0.2, -0.15) is 0 Å². The first-order valence-electron chi connectivity index (χ1n) is 8.56. The van der Waals surface area contributed by atoms with E-state index in [0.717, 1.165) is 24.1 Å². The highest BCUT2D eigenvalue weighted by atomic mass is 16.5. The summed E-state index contributed by atoms with van der Waals surface area (Å²) in [7, 11) is 0. The van der Waals surface area contributed by atoms with E-state index >= 15 is 0 Å². The van der Waals surface area contributed by atoms with Gasteiger partial charge in [0.25, 0.3) is 5.91 Å². The van der Waals surface area contributed by atoms with E-state index < -0.39 is 0 Å². The van der Waals surface area contributed by atoms with E-state index in [4.69, 9.17) is 4.74 Å². The first-order chi connectivity index (χ1) is 12.2. The Hall–Kier alpha value is -2.66. The number of carbonyl (C=O) groups is 2. The molecule has 0 unspecified atom stereocenters. The van der Waals surface area contributed by atoms with E-state index in [1.807, 2.05) is 55.5 Å². The predicted molar refractivity (Wildman–Crippen MR) is 98.0 cm³/mol. The van der Waals surface area contributed by atoms with Gasteiger partial charge in [-0.25, -0.2) is 0 Å². The van der Waals surface area contributed by atoms with Gasteiger partial charge in [0.05, 0.1) is 0 Å². The number of amides is 2. The Morgan fingerprint density at radius 1 is 1.16 bits per heavy atom. The summed E-state index contributed by atoms with van der Waals surface area (Å²) < 4.78 is 5.12. The Bertz CT molecular complexity index is 759. The molecule has 0 aliphatic carbocycles. The zero-order valence-corrected chi connectivity index (χ0v) is 14.3. The molecule has 0 spiro atoms. The molecule has 130 valence electrons. The van der Waals surface area contributed by atoms with E-state index in [1.165, 1.54) is 0 Å². The molecular formula is C20H22N2O3. The molecule has 0 saturated carbocycles. The lowest BCUT2D eigenvalue weighted by Gasteiger charge is -2.30. The molecule has 0 bridgehead atoms. The highest BCUT2D eigenvalue weighted by Crippen LogP contribution is 2.31. The van der Waals surface area contributed by atoms with Gasteiger partial charge >= 0.3 is 0 Å². The van der Waals surface area contributed by atoms with Crippen molar-refractivity contribution >= 4 is 23.2 Å². The fourth-order valence-corrected chi connectivity index (χ4v) is 2.99. The summed E-state index contributed by atoms with van der Waals surface area (Å²) in [5.41, 5.74) is 3.34. The fourth-order valence-electron chi connectivity index (χ4n) is 2.99. The second-order valence-corrected chi connectivity index (χ2v) is 5.96. The molecule has 0 fully saturated rings. The topological polar surface area (TPSA) is 58.6 Å². The number of rotatable bonds is 5. The van der Waals surface area contributed by atoms with Crippen LogP contribution >= 0.6 is 0 Å². The highest BCUT2D eigenvalue weighted by molar-refractivity contribution is 6.07. The van der Waals surface area contributed by atoms with Gasteiger partial charge < -0.3 is 15.0 Å². The number of anilines is 2. The van der Waals surface area contributed by atoms with Gasteiger partial charge in [0, 0.05) is 30.1 Å². The molecule has 5 nitrogen and oxygen atoms in total. The summed E-state index contributed by atoms with van der Waals surface area (Å²) in [5, 5.41) is 2.82. The summed E-state index contributed by atoms with van der Waals surface area (Å²) >= 11 is 0. The number of nitrogens with zero attached hydrogens (tertiary/aromatic N) is 1. The molecule has 0 aromatic heterocycles. The maximum absolute atomic E-state index is 12.9. The van der Waals surface area contributed by atoms with Crippen molar-refractivity contribution in [2.45, 2.75) is 19.8 Å². The van der Waals surface area contributed by atoms with Crippen LogP contribution in [0, 0.1) is 0 Å². The number of fused-ring (bicyclic) bond motifs is 1. The van der Waals surface area contributed by atoms with Crippen molar-refractivity contribution < 1.29 is 14.3 Å². The van der Waals surface area contributed by atoms with Crippen LogP contribution in [0.15, 0.2) is 48.5 Å². The number of nitrogens with one attached hydrogen (secondary N) is 1. The van der Waals surface area contributed by atoms with E-state index in [9.17, 15) is 9.59 Å². The van der Waals surface area contributed by atoms with Crippen molar-refractivity contribution in [2.24, 2.45) is 0 Å². The van der Waals surface area contributed by atoms with Crippen LogP contribution in [0.3, 0.4) is 0 Å². The molecule has 0 radical (unpaired) electrons. The third kappa shape index (κ3) is 4.06. The Kier molecular flexibility index (Phi) is 5.46. The second-order valence-electron chi connectivity index (χ2n) is 5.96. The number of hydrogen-bond donors (Lipinski definition) is 1. The van der Waals surface area contributed by atoms with E-state index in [2.05, 4.69) is 5.32 Å². The molecule has 3 rings (SSSR count). The molecule has 1 aliphatic rings. The van der Waals surface area contributed by atoms with Gasteiger partial charge in [-0.05, 0) is 49.6 Å². The Labute approximate surface area is 147 Å². The molecular weight excluding hydrogens is 316 g/mol. The zero-order chi connectivity index (χ0) is 17.6. The first kappa shape index (κ1) is 17.2. The van der Waals surface area contributed by atoms with Crippen molar-refractivity contribution in [3.05, 3.63) is 59.7 Å². The van der Waals surface area contributed by atoms with Gasteiger partial charge in [-0.15, -0.1) is 0 Å². The Balaban J connectivity index is 1.83. The van der Waals surface area contributed by atoms with E-state index in [0.29, 0.717) is 24.4 Å². The number of ether oxygens (including phenoxy) is 1. The maximum Gasteiger partial charge on any atom is 0.258 e. The van der Waals surface area contributed by atoms with Crippen LogP contribution < -0.4 is 10.2 Å². The van der Waals surface area contributed by atoms with Crippen LogP contribution in [0.25, 0.3) is 0 Å². The van der Waals surface area contributed by atoms with Crippen molar-refractivity contribution in [1.82, 2.24) is 0 Å². The number of carbonyl (C=O) groups excluding carboxylic acids is 2. The molecule has 2 aromatic rings. The van der Waals surface area contributed by atoms with Crippen molar-refractivity contribution in [3.8, 4) is 0 Å². The summed E-state index contributed by atoms with van der Waals surface area (Å²) in [5.74, 6) is -0.210. The fraction of sp³-hybridized carbons (Fsp3) is 0.300. The molecule has 1 aliphatic heterocycles. The number of aryl methyl sites for hydroxylation is 1. The molecule has 0 atom stereocenters. The number of hydrogen-bond acceptors (Lipinski definition) is 3.